The summed E-state index contributed by atoms with van der Waals surface area (Å²) in [5, 5.41) is 9.52. The van der Waals surface area contributed by atoms with Gasteiger partial charge in [0.25, 0.3) is 6.43 Å². The quantitative estimate of drug-likeness (QED) is 0.857. The molecule has 1 aromatic rings. The number of alkyl halides is 3. The molecule has 14 heavy (non-hydrogen) atoms. The molecule has 0 fully saturated rings. The average Bonchev–Trinajstić information content (AvgIpc) is 2.16. The third kappa shape index (κ3) is 2.12. The second-order valence-electron chi connectivity index (χ2n) is 2.48. The van der Waals surface area contributed by atoms with Gasteiger partial charge in [-0.05, 0) is 0 Å². The lowest BCUT2D eigenvalue weighted by Crippen LogP contribution is -1.99. The molecule has 0 aliphatic carbocycles. The lowest BCUT2D eigenvalue weighted by molar-refractivity contribution is 0.141. The van der Waals surface area contributed by atoms with Crippen molar-refractivity contribution >= 4 is 15.9 Å². The Morgan fingerprint density at radius 2 is 2.29 bits per heavy atom. The number of aromatic nitrogens is 1. The first-order chi connectivity index (χ1) is 6.60. The van der Waals surface area contributed by atoms with Crippen molar-refractivity contribution in [3.8, 4) is 11.5 Å². The topological polar surface area (TPSA) is 42.4 Å². The van der Waals surface area contributed by atoms with E-state index in [0.717, 1.165) is 6.07 Å². The summed E-state index contributed by atoms with van der Waals surface area (Å²) in [4.78, 5) is 3.59. The van der Waals surface area contributed by atoms with Gasteiger partial charge in [-0.25, -0.2) is 13.8 Å². The minimum Gasteiger partial charge on any atom is -0.506 e. The van der Waals surface area contributed by atoms with Crippen molar-refractivity contribution < 1.29 is 18.6 Å². The number of hydrogen-bond acceptors (Lipinski definition) is 3. The van der Waals surface area contributed by atoms with E-state index in [4.69, 9.17) is 0 Å². The molecule has 0 saturated heterocycles. The minimum atomic E-state index is -2.72. The molecule has 6 heteroatoms. The molecule has 0 radical (unpaired) electrons. The van der Waals surface area contributed by atoms with Crippen molar-refractivity contribution in [3.63, 3.8) is 0 Å². The average molecular weight is 268 g/mol. The van der Waals surface area contributed by atoms with Crippen molar-refractivity contribution in [2.24, 2.45) is 0 Å². The summed E-state index contributed by atoms with van der Waals surface area (Å²) < 4.78 is 29.5. The molecule has 0 atom stereocenters. The highest BCUT2D eigenvalue weighted by atomic mass is 79.9. The van der Waals surface area contributed by atoms with Crippen LogP contribution in [0.5, 0.6) is 11.5 Å². The monoisotopic (exact) mass is 267 g/mol. The Kier molecular flexibility index (Phi) is 3.62. The van der Waals surface area contributed by atoms with Gasteiger partial charge >= 0.3 is 0 Å². The minimum absolute atomic E-state index is 0.109. The van der Waals surface area contributed by atoms with Crippen molar-refractivity contribution in [1.82, 2.24) is 4.98 Å². The van der Waals surface area contributed by atoms with E-state index in [1.54, 1.807) is 0 Å². The molecular weight excluding hydrogens is 260 g/mol. The van der Waals surface area contributed by atoms with Crippen molar-refractivity contribution in [2.75, 3.05) is 7.11 Å². The highest BCUT2D eigenvalue weighted by Gasteiger charge is 2.18. The van der Waals surface area contributed by atoms with Gasteiger partial charge in [0, 0.05) is 11.4 Å². The number of halogens is 3. The fourth-order valence-corrected chi connectivity index (χ4v) is 1.37. The molecule has 0 aromatic carbocycles. The number of nitrogens with zero attached hydrogens (tertiary/aromatic N) is 1. The van der Waals surface area contributed by atoms with Gasteiger partial charge in [0.2, 0.25) is 0 Å². The Morgan fingerprint density at radius 3 is 2.71 bits per heavy atom. The number of pyridine rings is 1. The zero-order valence-electron chi connectivity index (χ0n) is 7.30. The van der Waals surface area contributed by atoms with Crippen LogP contribution in [-0.2, 0) is 5.33 Å². The zero-order chi connectivity index (χ0) is 10.7. The largest absolute Gasteiger partial charge is 0.506 e. The van der Waals surface area contributed by atoms with E-state index < -0.39 is 12.1 Å². The van der Waals surface area contributed by atoms with Crippen LogP contribution in [0.2, 0.25) is 0 Å². The van der Waals surface area contributed by atoms with E-state index in [1.165, 1.54) is 7.11 Å². The van der Waals surface area contributed by atoms with Gasteiger partial charge in [0.1, 0.15) is 17.2 Å². The fraction of sp³-hybridized carbons (Fsp3) is 0.375. The van der Waals surface area contributed by atoms with E-state index in [2.05, 4.69) is 25.7 Å². The molecule has 1 aromatic heterocycles. The first kappa shape index (κ1) is 11.2. The van der Waals surface area contributed by atoms with Crippen LogP contribution < -0.4 is 4.74 Å². The number of ether oxygens (including phenoxy) is 1. The normalized spacial score (nSPS) is 10.6. The third-order valence-corrected chi connectivity index (χ3v) is 2.16. The van der Waals surface area contributed by atoms with Crippen LogP contribution in [0, 0.1) is 0 Å². The predicted molar refractivity (Wildman–Crippen MR) is 50.0 cm³/mol. The lowest BCUT2D eigenvalue weighted by atomic mass is 10.2. The van der Waals surface area contributed by atoms with Crippen molar-refractivity contribution in [3.05, 3.63) is 17.5 Å². The van der Waals surface area contributed by atoms with Crippen LogP contribution in [-0.4, -0.2) is 17.2 Å². The molecule has 0 saturated carbocycles. The van der Waals surface area contributed by atoms with E-state index in [-0.39, 0.29) is 22.5 Å². The van der Waals surface area contributed by atoms with Crippen LogP contribution in [0.15, 0.2) is 6.07 Å². The van der Waals surface area contributed by atoms with Crippen LogP contribution in [0.25, 0.3) is 0 Å². The summed E-state index contributed by atoms with van der Waals surface area (Å²) in [6, 6.07) is 1.13. The van der Waals surface area contributed by atoms with Crippen molar-refractivity contribution in [1.29, 1.82) is 0 Å². The summed E-state index contributed by atoms with van der Waals surface area (Å²) in [6.07, 6.45) is -2.72. The maximum atomic E-state index is 12.4. The Bertz CT molecular complexity index is 333. The molecular formula is C8H8BrF2NO2. The van der Waals surface area contributed by atoms with E-state index in [9.17, 15) is 13.9 Å². The van der Waals surface area contributed by atoms with Gasteiger partial charge in [0.05, 0.1) is 12.8 Å². The second-order valence-corrected chi connectivity index (χ2v) is 3.04. The van der Waals surface area contributed by atoms with Gasteiger partial charge in [0.15, 0.2) is 0 Å². The first-order valence-electron chi connectivity index (χ1n) is 3.71. The maximum Gasteiger partial charge on any atom is 0.284 e. The summed E-state index contributed by atoms with van der Waals surface area (Å²) >= 11 is 3.03. The number of methoxy groups -OCH3 is 1. The van der Waals surface area contributed by atoms with Crippen LogP contribution in [0.3, 0.4) is 0 Å². The van der Waals surface area contributed by atoms with E-state index in [1.807, 2.05) is 0 Å². The number of aromatic hydroxyl groups is 1. The van der Waals surface area contributed by atoms with E-state index in [0.29, 0.717) is 0 Å². The van der Waals surface area contributed by atoms with Gasteiger partial charge in [-0.1, -0.05) is 15.9 Å². The summed E-state index contributed by atoms with van der Waals surface area (Å²) in [5.41, 5.74) is -0.291. The first-order valence-corrected chi connectivity index (χ1v) is 4.83. The van der Waals surface area contributed by atoms with Crippen LogP contribution in [0.4, 0.5) is 8.78 Å². The molecule has 1 heterocycles. The summed E-state index contributed by atoms with van der Waals surface area (Å²) in [7, 11) is 1.25. The molecule has 0 unspecified atom stereocenters. The Balaban J connectivity index is 3.25. The number of hydrogen-bond donors (Lipinski definition) is 1. The lowest BCUT2D eigenvalue weighted by Gasteiger charge is -2.09. The van der Waals surface area contributed by atoms with E-state index >= 15 is 0 Å². The van der Waals surface area contributed by atoms with Gasteiger partial charge < -0.3 is 9.84 Å². The molecule has 0 aliphatic heterocycles. The molecule has 0 amide bonds. The Hall–Kier alpha value is -0.910. The molecule has 3 nitrogen and oxygen atoms in total. The van der Waals surface area contributed by atoms with Crippen molar-refractivity contribution in [2.45, 2.75) is 11.8 Å². The molecule has 0 spiro atoms. The molecule has 0 bridgehead atoms. The standard InChI is InChI=1S/C8H8BrF2NO2/c1-14-6-2-5(13)4(3-9)12-7(6)8(10)11/h2,8,13H,3H2,1H3. The highest BCUT2D eigenvalue weighted by Crippen LogP contribution is 2.32. The van der Waals surface area contributed by atoms with Gasteiger partial charge in [-0.2, -0.15) is 0 Å². The highest BCUT2D eigenvalue weighted by molar-refractivity contribution is 9.08. The fourth-order valence-electron chi connectivity index (χ4n) is 0.957. The Morgan fingerprint density at radius 1 is 1.64 bits per heavy atom. The molecule has 1 N–H and O–H groups in total. The Labute approximate surface area is 87.9 Å². The smallest absolute Gasteiger partial charge is 0.284 e. The van der Waals surface area contributed by atoms with Gasteiger partial charge in [-0.3, -0.25) is 0 Å². The summed E-state index contributed by atoms with van der Waals surface area (Å²) in [6.45, 7) is 0. The number of rotatable bonds is 3. The van der Waals surface area contributed by atoms with Crippen LogP contribution >= 0.6 is 15.9 Å². The summed E-state index contributed by atoms with van der Waals surface area (Å²) in [5.74, 6) is -0.273. The third-order valence-electron chi connectivity index (χ3n) is 1.62. The molecule has 78 valence electrons. The SMILES string of the molecule is COc1cc(O)c(CBr)nc1C(F)F. The zero-order valence-corrected chi connectivity index (χ0v) is 8.88. The molecule has 0 aliphatic rings. The predicted octanol–water partition coefficient (Wildman–Crippen LogP) is 2.63. The van der Waals surface area contributed by atoms with Gasteiger partial charge in [-0.15, -0.1) is 0 Å². The van der Waals surface area contributed by atoms with Crippen LogP contribution in [0.1, 0.15) is 17.8 Å². The maximum absolute atomic E-state index is 12.4. The molecule has 1 rings (SSSR count). The second kappa shape index (κ2) is 4.54.